The molecule has 0 aromatic heterocycles. The van der Waals surface area contributed by atoms with E-state index in [1.54, 1.807) is 14.2 Å². The maximum atomic E-state index is 7.27. The first kappa shape index (κ1) is 18.3. The van der Waals surface area contributed by atoms with Gasteiger partial charge in [-0.15, -0.1) is 23.2 Å². The summed E-state index contributed by atoms with van der Waals surface area (Å²) in [7, 11) is 3.43. The van der Waals surface area contributed by atoms with Crippen LogP contribution in [-0.2, 0) is 20.4 Å². The van der Waals surface area contributed by atoms with Crippen LogP contribution in [0.1, 0.15) is 19.8 Å². The van der Waals surface area contributed by atoms with Gasteiger partial charge in [-0.2, -0.15) is 0 Å². The molecule has 1 saturated carbocycles. The molecular weight excluding hydrogens is 410 g/mol. The first-order valence-electron chi connectivity index (χ1n) is 8.24. The van der Waals surface area contributed by atoms with E-state index in [0.29, 0.717) is 20.6 Å². The molecule has 0 spiro atoms. The van der Waals surface area contributed by atoms with Gasteiger partial charge in [0.1, 0.15) is 26.0 Å². The van der Waals surface area contributed by atoms with Crippen molar-refractivity contribution in [2.24, 2.45) is 11.8 Å². The van der Waals surface area contributed by atoms with Gasteiger partial charge in [0.2, 0.25) is 5.79 Å². The van der Waals surface area contributed by atoms with Crippen LogP contribution in [-0.4, -0.2) is 46.0 Å². The zero-order valence-corrected chi connectivity index (χ0v) is 17.7. The summed E-state index contributed by atoms with van der Waals surface area (Å²) in [6, 6.07) is 0. The molecule has 4 aliphatic rings. The van der Waals surface area contributed by atoms with E-state index in [2.05, 4.69) is 19.1 Å². The fraction of sp³-hybridized carbons (Fsp3) is 0.765. The average Bonchev–Trinajstić information content (AvgIpc) is 2.82. The van der Waals surface area contributed by atoms with Gasteiger partial charge in [-0.3, -0.25) is 0 Å². The van der Waals surface area contributed by atoms with Crippen molar-refractivity contribution in [1.29, 1.82) is 0 Å². The lowest BCUT2D eigenvalue weighted by Gasteiger charge is -2.46. The molecule has 0 radical (unpaired) electrons. The Labute approximate surface area is 166 Å². The minimum absolute atomic E-state index is 0.0850. The summed E-state index contributed by atoms with van der Waals surface area (Å²) in [4.78, 5) is -2.07. The number of methoxy groups -OCH3 is 2. The summed E-state index contributed by atoms with van der Waals surface area (Å²) in [5.74, 6) is 0.0814. The van der Waals surface area contributed by atoms with E-state index in [1.807, 2.05) is 0 Å². The van der Waals surface area contributed by atoms with Gasteiger partial charge in [0.05, 0.1) is 10.1 Å². The number of hydrogen-bond donors (Lipinski definition) is 0. The normalized spacial score (nSPS) is 51.2. The van der Waals surface area contributed by atoms with Crippen LogP contribution in [0.2, 0.25) is 0 Å². The lowest BCUT2D eigenvalue weighted by Crippen LogP contribution is -2.58. The Kier molecular flexibility index (Phi) is 4.34. The highest BCUT2D eigenvalue weighted by atomic mass is 35.5. The largest absolute Gasteiger partial charge is 0.350 e. The molecule has 2 aliphatic carbocycles. The van der Waals surface area contributed by atoms with E-state index in [-0.39, 0.29) is 22.7 Å². The highest BCUT2D eigenvalue weighted by Gasteiger charge is 2.87. The molecule has 7 heteroatoms. The van der Waals surface area contributed by atoms with Gasteiger partial charge < -0.3 is 9.47 Å². The molecule has 0 amide bonds. The lowest BCUT2D eigenvalue weighted by molar-refractivity contribution is -0.220. The van der Waals surface area contributed by atoms with Crippen LogP contribution in [0.25, 0.3) is 0 Å². The monoisotopic (exact) mass is 429 g/mol. The van der Waals surface area contributed by atoms with Crippen LogP contribution in [0.15, 0.2) is 22.2 Å². The molecular formula is C17H21Cl4O2S+. The molecule has 2 nitrogen and oxygen atoms in total. The highest BCUT2D eigenvalue weighted by Crippen LogP contribution is 2.77. The molecule has 1 saturated heterocycles. The summed E-state index contributed by atoms with van der Waals surface area (Å²) < 4.78 is 11.8. The summed E-state index contributed by atoms with van der Waals surface area (Å²) in [5, 5.41) is 1.76. The van der Waals surface area contributed by atoms with Crippen molar-refractivity contribution < 1.29 is 9.47 Å². The van der Waals surface area contributed by atoms with Gasteiger partial charge in [0.15, 0.2) is 0 Å². The molecule has 134 valence electrons. The Balaban J connectivity index is 1.95. The molecule has 1 unspecified atom stereocenters. The van der Waals surface area contributed by atoms with Crippen molar-refractivity contribution in [2.75, 3.05) is 20.0 Å². The standard InChI is InChI=1S/C17H21Cl4O2S/c1-4-24-9-6-5-7-11(24)12-10(8-9)15(20)13(18)14(19)16(12,21)17(15,22-2)23-3/h5-6,9-12H,4,7-8H2,1-3H3/q+1/t9-,10-,11-,12+,15+,16+,24?/m1/s1. The predicted molar refractivity (Wildman–Crippen MR) is 103 cm³/mol. The fourth-order valence-corrected chi connectivity index (χ4v) is 11.3. The summed E-state index contributed by atoms with van der Waals surface area (Å²) in [6.07, 6.45) is 6.59. The number of halogens is 4. The smallest absolute Gasteiger partial charge is 0.217 e. The molecule has 4 bridgehead atoms. The molecule has 4 rings (SSSR count). The number of allylic oxidation sites excluding steroid dienone is 1. The Morgan fingerprint density at radius 1 is 1.17 bits per heavy atom. The Bertz CT molecular complexity index is 634. The van der Waals surface area contributed by atoms with Gasteiger partial charge in [0, 0.05) is 38.9 Å². The third kappa shape index (κ3) is 1.68. The summed E-state index contributed by atoms with van der Waals surface area (Å²) in [5.41, 5.74) is 0. The summed E-state index contributed by atoms with van der Waals surface area (Å²) >= 11 is 27.8. The number of alkyl halides is 2. The zero-order chi connectivity index (χ0) is 17.5. The zero-order valence-electron chi connectivity index (χ0n) is 13.8. The van der Waals surface area contributed by atoms with Gasteiger partial charge in [-0.05, 0) is 23.9 Å². The molecule has 24 heavy (non-hydrogen) atoms. The predicted octanol–water partition coefficient (Wildman–Crippen LogP) is 4.62. The third-order valence-electron chi connectivity index (χ3n) is 6.49. The second kappa shape index (κ2) is 5.70. The molecule has 2 aliphatic heterocycles. The van der Waals surface area contributed by atoms with Crippen molar-refractivity contribution in [3.8, 4) is 0 Å². The second-order valence-electron chi connectivity index (χ2n) is 6.94. The van der Waals surface area contributed by atoms with Gasteiger partial charge >= 0.3 is 0 Å². The SMILES string of the molecule is CC[S+]1[C@@H]2C=CC[C@@H]1[C@@H]1[C@@H](C2)[C@]2(Cl)C(Cl)=C(Cl)[C@]1(Cl)C2(OC)OC. The van der Waals surface area contributed by atoms with Crippen LogP contribution in [0.5, 0.6) is 0 Å². The average molecular weight is 431 g/mol. The van der Waals surface area contributed by atoms with Crippen molar-refractivity contribution in [2.45, 2.75) is 45.8 Å². The van der Waals surface area contributed by atoms with E-state index in [4.69, 9.17) is 55.9 Å². The minimum Gasteiger partial charge on any atom is -0.350 e. The number of fused-ring (bicyclic) bond motifs is 8. The van der Waals surface area contributed by atoms with Crippen LogP contribution >= 0.6 is 46.4 Å². The first-order chi connectivity index (χ1) is 11.3. The van der Waals surface area contributed by atoms with Gasteiger partial charge in [-0.25, -0.2) is 0 Å². The Morgan fingerprint density at radius 2 is 1.79 bits per heavy atom. The van der Waals surface area contributed by atoms with Gasteiger partial charge in [0.25, 0.3) is 0 Å². The number of ether oxygens (including phenoxy) is 2. The number of rotatable bonds is 3. The highest BCUT2D eigenvalue weighted by molar-refractivity contribution is 7.98. The quantitative estimate of drug-likeness (QED) is 0.281. The van der Waals surface area contributed by atoms with Gasteiger partial charge in [-0.1, -0.05) is 29.3 Å². The summed E-state index contributed by atoms with van der Waals surface area (Å²) in [6.45, 7) is 2.26. The maximum absolute atomic E-state index is 7.27. The van der Waals surface area contributed by atoms with E-state index in [9.17, 15) is 0 Å². The van der Waals surface area contributed by atoms with E-state index in [0.717, 1.165) is 18.6 Å². The Morgan fingerprint density at radius 3 is 2.38 bits per heavy atom. The third-order valence-corrected chi connectivity index (χ3v) is 12.2. The molecule has 0 N–H and O–H groups in total. The Hall–Kier alpha value is 0.910. The van der Waals surface area contributed by atoms with E-state index >= 15 is 0 Å². The van der Waals surface area contributed by atoms with Crippen LogP contribution < -0.4 is 0 Å². The topological polar surface area (TPSA) is 18.5 Å². The molecule has 0 aromatic carbocycles. The van der Waals surface area contributed by atoms with Crippen LogP contribution in [0.3, 0.4) is 0 Å². The lowest BCUT2D eigenvalue weighted by atomic mass is 9.75. The van der Waals surface area contributed by atoms with E-state index in [1.165, 1.54) is 0 Å². The first-order valence-corrected chi connectivity index (χ1v) is 11.3. The van der Waals surface area contributed by atoms with Crippen molar-refractivity contribution in [1.82, 2.24) is 0 Å². The second-order valence-corrected chi connectivity index (χ2v) is 11.6. The fourth-order valence-electron chi connectivity index (χ4n) is 5.70. The molecule has 7 atom stereocenters. The molecule has 2 heterocycles. The molecule has 2 fully saturated rings. The van der Waals surface area contributed by atoms with E-state index < -0.39 is 15.5 Å². The minimum atomic E-state index is -1.24. The maximum Gasteiger partial charge on any atom is 0.217 e. The number of hydrogen-bond acceptors (Lipinski definition) is 2. The van der Waals surface area contributed by atoms with Crippen molar-refractivity contribution in [3.05, 3.63) is 22.2 Å². The van der Waals surface area contributed by atoms with Crippen molar-refractivity contribution >= 4 is 57.3 Å². The molecule has 0 aromatic rings. The van der Waals surface area contributed by atoms with Crippen LogP contribution in [0.4, 0.5) is 0 Å². The van der Waals surface area contributed by atoms with Crippen LogP contribution in [0, 0.1) is 11.8 Å². The van der Waals surface area contributed by atoms with Crippen molar-refractivity contribution in [3.63, 3.8) is 0 Å².